The Bertz CT molecular complexity index is 604. The van der Waals surface area contributed by atoms with Gasteiger partial charge in [-0.05, 0) is 12.3 Å². The van der Waals surface area contributed by atoms with Crippen molar-refractivity contribution in [3.05, 3.63) is 23.4 Å². The van der Waals surface area contributed by atoms with Crippen molar-refractivity contribution >= 4 is 5.91 Å². The van der Waals surface area contributed by atoms with E-state index in [2.05, 4.69) is 39.4 Å². The third kappa shape index (κ3) is 4.37. The van der Waals surface area contributed by atoms with Crippen molar-refractivity contribution < 1.29 is 13.8 Å². The summed E-state index contributed by atoms with van der Waals surface area (Å²) in [6.45, 7) is 7.31. The summed E-state index contributed by atoms with van der Waals surface area (Å²) in [5.41, 5.74) is 0. The van der Waals surface area contributed by atoms with Gasteiger partial charge in [0, 0.05) is 13.8 Å². The summed E-state index contributed by atoms with van der Waals surface area (Å²) < 4.78 is 10.1. The van der Waals surface area contributed by atoms with E-state index in [0.717, 1.165) is 6.42 Å². The zero-order valence-electron chi connectivity index (χ0n) is 12.6. The van der Waals surface area contributed by atoms with E-state index < -0.39 is 0 Å². The first kappa shape index (κ1) is 15.1. The predicted octanol–water partition coefficient (Wildman–Crippen LogP) is 1.58. The lowest BCUT2D eigenvalue weighted by atomic mass is 10.0. The van der Waals surface area contributed by atoms with Gasteiger partial charge in [-0.15, -0.1) is 0 Å². The van der Waals surface area contributed by atoms with Gasteiger partial charge in [-0.25, -0.2) is 0 Å². The lowest BCUT2D eigenvalue weighted by Gasteiger charge is -2.15. The van der Waals surface area contributed by atoms with Crippen molar-refractivity contribution in [3.63, 3.8) is 0 Å². The highest BCUT2D eigenvalue weighted by molar-refractivity contribution is 5.73. The van der Waals surface area contributed by atoms with E-state index in [1.54, 1.807) is 6.92 Å². The highest BCUT2D eigenvalue weighted by Crippen LogP contribution is 2.20. The standard InChI is InChI=1S/C13H19N5O3/c1-7(2)5-10(14-8(3)19)13-16-12(18-21-13)6-11-15-9(4)20-17-11/h7,10H,5-6H2,1-4H3,(H,14,19)/t10-/m0/s1. The minimum absolute atomic E-state index is 0.130. The zero-order valence-corrected chi connectivity index (χ0v) is 12.6. The first-order chi connectivity index (χ1) is 9.94. The quantitative estimate of drug-likeness (QED) is 0.861. The fraction of sp³-hybridized carbons (Fsp3) is 0.615. The summed E-state index contributed by atoms with van der Waals surface area (Å²) >= 11 is 0. The maximum atomic E-state index is 11.3. The first-order valence-electron chi connectivity index (χ1n) is 6.82. The van der Waals surface area contributed by atoms with Crippen molar-refractivity contribution in [2.24, 2.45) is 5.92 Å². The van der Waals surface area contributed by atoms with E-state index in [1.807, 2.05) is 0 Å². The van der Waals surface area contributed by atoms with Crippen LogP contribution in [0.3, 0.4) is 0 Å². The molecule has 1 amide bonds. The van der Waals surface area contributed by atoms with Crippen LogP contribution < -0.4 is 5.32 Å². The molecular formula is C13H19N5O3. The number of rotatable bonds is 6. The Morgan fingerprint density at radius 1 is 1.19 bits per heavy atom. The second kappa shape index (κ2) is 6.47. The molecule has 1 atom stereocenters. The molecule has 0 aliphatic heterocycles. The smallest absolute Gasteiger partial charge is 0.249 e. The summed E-state index contributed by atoms with van der Waals surface area (Å²) in [5, 5.41) is 10.5. The van der Waals surface area contributed by atoms with Crippen LogP contribution in [0, 0.1) is 12.8 Å². The van der Waals surface area contributed by atoms with Crippen molar-refractivity contribution in [3.8, 4) is 0 Å². The maximum Gasteiger partial charge on any atom is 0.249 e. The number of aryl methyl sites for hydroxylation is 1. The van der Waals surface area contributed by atoms with Gasteiger partial charge in [0.2, 0.25) is 17.7 Å². The number of carbonyl (C=O) groups is 1. The molecule has 8 heteroatoms. The molecule has 0 spiro atoms. The van der Waals surface area contributed by atoms with Crippen molar-refractivity contribution in [1.82, 2.24) is 25.6 Å². The van der Waals surface area contributed by atoms with Gasteiger partial charge in [-0.2, -0.15) is 9.97 Å². The van der Waals surface area contributed by atoms with Crippen molar-refractivity contribution in [2.75, 3.05) is 0 Å². The number of amides is 1. The summed E-state index contributed by atoms with van der Waals surface area (Å²) in [4.78, 5) is 19.7. The summed E-state index contributed by atoms with van der Waals surface area (Å²) in [5.74, 6) is 2.11. The molecule has 0 saturated carbocycles. The molecule has 0 bridgehead atoms. The molecule has 2 heterocycles. The number of hydrogen-bond donors (Lipinski definition) is 1. The van der Waals surface area contributed by atoms with Crippen LogP contribution in [0.4, 0.5) is 0 Å². The Morgan fingerprint density at radius 3 is 2.43 bits per heavy atom. The molecule has 2 aromatic heterocycles. The van der Waals surface area contributed by atoms with Crippen LogP contribution in [0.1, 0.15) is 56.7 Å². The highest BCUT2D eigenvalue weighted by atomic mass is 16.5. The van der Waals surface area contributed by atoms with Gasteiger partial charge >= 0.3 is 0 Å². The Balaban J connectivity index is 2.09. The maximum absolute atomic E-state index is 11.3. The molecule has 8 nitrogen and oxygen atoms in total. The predicted molar refractivity (Wildman–Crippen MR) is 72.2 cm³/mol. The Kier molecular flexibility index (Phi) is 4.66. The van der Waals surface area contributed by atoms with Gasteiger partial charge in [-0.1, -0.05) is 24.2 Å². The fourth-order valence-electron chi connectivity index (χ4n) is 1.97. The van der Waals surface area contributed by atoms with Gasteiger partial charge in [-0.3, -0.25) is 4.79 Å². The van der Waals surface area contributed by atoms with Gasteiger partial charge in [0.15, 0.2) is 11.6 Å². The molecular weight excluding hydrogens is 274 g/mol. The van der Waals surface area contributed by atoms with Crippen LogP contribution >= 0.6 is 0 Å². The molecule has 0 aliphatic rings. The Labute approximate surface area is 122 Å². The lowest BCUT2D eigenvalue weighted by molar-refractivity contribution is -0.120. The van der Waals surface area contributed by atoms with Crippen LogP contribution in [-0.4, -0.2) is 26.2 Å². The molecule has 0 aromatic carbocycles. The number of aromatic nitrogens is 4. The van der Waals surface area contributed by atoms with E-state index in [0.29, 0.717) is 35.8 Å². The summed E-state index contributed by atoms with van der Waals surface area (Å²) in [6.07, 6.45) is 1.05. The van der Waals surface area contributed by atoms with Crippen molar-refractivity contribution in [1.29, 1.82) is 0 Å². The number of hydrogen-bond acceptors (Lipinski definition) is 7. The molecule has 114 valence electrons. The lowest BCUT2D eigenvalue weighted by Crippen LogP contribution is -2.27. The Hall–Kier alpha value is -2.25. The van der Waals surface area contributed by atoms with Gasteiger partial charge < -0.3 is 14.4 Å². The van der Waals surface area contributed by atoms with Gasteiger partial charge in [0.25, 0.3) is 0 Å². The SMILES string of the molecule is CC(=O)N[C@@H](CC(C)C)c1nc(Cc2noc(C)n2)no1. The van der Waals surface area contributed by atoms with Gasteiger partial charge in [0.05, 0.1) is 6.42 Å². The second-order valence-corrected chi connectivity index (χ2v) is 5.34. The molecule has 1 N–H and O–H groups in total. The van der Waals surface area contributed by atoms with Gasteiger partial charge in [0.1, 0.15) is 6.04 Å². The average molecular weight is 293 g/mol. The number of carbonyl (C=O) groups excluding carboxylic acids is 1. The minimum Gasteiger partial charge on any atom is -0.345 e. The molecule has 21 heavy (non-hydrogen) atoms. The van der Waals surface area contributed by atoms with Crippen LogP contribution in [0.25, 0.3) is 0 Å². The third-order valence-electron chi connectivity index (χ3n) is 2.75. The summed E-state index contributed by atoms with van der Waals surface area (Å²) in [6, 6.07) is -0.282. The summed E-state index contributed by atoms with van der Waals surface area (Å²) in [7, 11) is 0. The minimum atomic E-state index is -0.282. The van der Waals surface area contributed by atoms with Crippen LogP contribution in [0.2, 0.25) is 0 Å². The normalized spacial score (nSPS) is 12.6. The average Bonchev–Trinajstić information content (AvgIpc) is 2.97. The third-order valence-corrected chi connectivity index (χ3v) is 2.75. The highest BCUT2D eigenvalue weighted by Gasteiger charge is 2.21. The van der Waals surface area contributed by atoms with E-state index in [1.165, 1.54) is 6.92 Å². The van der Waals surface area contributed by atoms with E-state index >= 15 is 0 Å². The fourth-order valence-corrected chi connectivity index (χ4v) is 1.97. The molecule has 0 unspecified atom stereocenters. The zero-order chi connectivity index (χ0) is 15.4. The van der Waals surface area contributed by atoms with Crippen molar-refractivity contribution in [2.45, 2.75) is 46.6 Å². The molecule has 2 rings (SSSR count). The molecule has 0 aliphatic carbocycles. The topological polar surface area (TPSA) is 107 Å². The van der Waals surface area contributed by atoms with Crippen LogP contribution in [-0.2, 0) is 11.2 Å². The van der Waals surface area contributed by atoms with E-state index in [4.69, 9.17) is 9.05 Å². The van der Waals surface area contributed by atoms with Crippen LogP contribution in [0.5, 0.6) is 0 Å². The Morgan fingerprint density at radius 2 is 1.86 bits per heavy atom. The number of nitrogens with zero attached hydrogens (tertiary/aromatic N) is 4. The van der Waals surface area contributed by atoms with Crippen LogP contribution in [0.15, 0.2) is 9.05 Å². The number of nitrogens with one attached hydrogen (secondary N) is 1. The first-order valence-corrected chi connectivity index (χ1v) is 6.82. The molecule has 0 radical (unpaired) electrons. The monoisotopic (exact) mass is 293 g/mol. The second-order valence-electron chi connectivity index (χ2n) is 5.34. The van der Waals surface area contributed by atoms with E-state index in [-0.39, 0.29) is 11.9 Å². The molecule has 0 saturated heterocycles. The molecule has 0 fully saturated rings. The van der Waals surface area contributed by atoms with E-state index in [9.17, 15) is 4.79 Å². The molecule has 2 aromatic rings. The largest absolute Gasteiger partial charge is 0.345 e.